The molecule has 17 heavy (non-hydrogen) atoms. The van der Waals surface area contributed by atoms with Gasteiger partial charge in [0.15, 0.2) is 5.76 Å². The van der Waals surface area contributed by atoms with Gasteiger partial charge in [-0.15, -0.1) is 0 Å². The molecule has 0 aliphatic heterocycles. The van der Waals surface area contributed by atoms with Crippen LogP contribution in [0.3, 0.4) is 0 Å². The zero-order chi connectivity index (χ0) is 11.8. The molecular formula is C12H7NO4. The predicted molar refractivity (Wildman–Crippen MR) is 58.7 cm³/mol. The number of nitrogens with zero attached hydrogens (tertiary/aromatic N) is 1. The van der Waals surface area contributed by atoms with Gasteiger partial charge in [-0.1, -0.05) is 23.4 Å². The summed E-state index contributed by atoms with van der Waals surface area (Å²) in [6.45, 7) is 0. The van der Waals surface area contributed by atoms with Crippen LogP contribution in [0.4, 0.5) is 0 Å². The quantitative estimate of drug-likeness (QED) is 0.731. The van der Waals surface area contributed by atoms with Crippen LogP contribution < -0.4 is 0 Å². The number of fused-ring (bicyclic) bond motifs is 1. The Morgan fingerprint density at radius 3 is 2.88 bits per heavy atom. The van der Waals surface area contributed by atoms with Crippen molar-refractivity contribution in [2.24, 2.45) is 0 Å². The zero-order valence-electron chi connectivity index (χ0n) is 8.58. The molecule has 0 atom stereocenters. The average molecular weight is 229 g/mol. The van der Waals surface area contributed by atoms with Gasteiger partial charge >= 0.3 is 5.97 Å². The number of carboxylic acids is 1. The summed E-state index contributed by atoms with van der Waals surface area (Å²) >= 11 is 0. The summed E-state index contributed by atoms with van der Waals surface area (Å²) < 4.78 is 10.4. The molecule has 0 saturated carbocycles. The molecule has 0 unspecified atom stereocenters. The number of rotatable bonds is 2. The van der Waals surface area contributed by atoms with E-state index < -0.39 is 5.97 Å². The fourth-order valence-electron chi connectivity index (χ4n) is 1.66. The molecule has 2 aromatic heterocycles. The molecule has 2 heterocycles. The first-order chi connectivity index (χ1) is 8.25. The Morgan fingerprint density at radius 2 is 2.12 bits per heavy atom. The first-order valence-corrected chi connectivity index (χ1v) is 4.92. The summed E-state index contributed by atoms with van der Waals surface area (Å²) in [4.78, 5) is 10.9. The van der Waals surface area contributed by atoms with E-state index in [2.05, 4.69) is 5.16 Å². The SMILES string of the molecule is O=C(O)c1cnoc1-c1cc2ccccc2o1. The van der Waals surface area contributed by atoms with Gasteiger partial charge < -0.3 is 14.0 Å². The molecule has 0 aliphatic carbocycles. The van der Waals surface area contributed by atoms with Gasteiger partial charge in [-0.3, -0.25) is 0 Å². The van der Waals surface area contributed by atoms with Crippen molar-refractivity contribution in [2.75, 3.05) is 0 Å². The summed E-state index contributed by atoms with van der Waals surface area (Å²) in [5.74, 6) is -0.600. The summed E-state index contributed by atoms with van der Waals surface area (Å²) in [5.41, 5.74) is 0.666. The molecule has 0 aliphatic rings. The molecule has 84 valence electrons. The molecule has 3 aromatic rings. The molecule has 1 N–H and O–H groups in total. The fourth-order valence-corrected chi connectivity index (χ4v) is 1.66. The van der Waals surface area contributed by atoms with E-state index in [1.54, 1.807) is 12.1 Å². The molecule has 0 spiro atoms. The van der Waals surface area contributed by atoms with Crippen molar-refractivity contribution < 1.29 is 18.8 Å². The summed E-state index contributed by atoms with van der Waals surface area (Å²) in [6.07, 6.45) is 1.16. The number of hydrogen-bond donors (Lipinski definition) is 1. The number of aromatic nitrogens is 1. The smallest absolute Gasteiger partial charge is 0.341 e. The Hall–Kier alpha value is -2.56. The van der Waals surface area contributed by atoms with Crippen LogP contribution >= 0.6 is 0 Å². The largest absolute Gasteiger partial charge is 0.477 e. The Kier molecular flexibility index (Phi) is 1.98. The van der Waals surface area contributed by atoms with Crippen LogP contribution in [0.15, 0.2) is 45.5 Å². The van der Waals surface area contributed by atoms with E-state index in [9.17, 15) is 4.79 Å². The first kappa shape index (κ1) is 9.65. The number of furan rings is 1. The predicted octanol–water partition coefficient (Wildman–Crippen LogP) is 2.79. The summed E-state index contributed by atoms with van der Waals surface area (Å²) in [7, 11) is 0. The van der Waals surface area contributed by atoms with E-state index in [4.69, 9.17) is 14.0 Å². The average Bonchev–Trinajstić information content (AvgIpc) is 2.95. The van der Waals surface area contributed by atoms with E-state index in [-0.39, 0.29) is 11.3 Å². The number of carbonyl (C=O) groups is 1. The minimum atomic E-state index is -1.10. The van der Waals surface area contributed by atoms with Crippen molar-refractivity contribution in [1.82, 2.24) is 5.16 Å². The van der Waals surface area contributed by atoms with Gasteiger partial charge in [-0.25, -0.2) is 4.79 Å². The maximum atomic E-state index is 10.9. The van der Waals surface area contributed by atoms with Crippen molar-refractivity contribution in [3.8, 4) is 11.5 Å². The maximum absolute atomic E-state index is 10.9. The van der Waals surface area contributed by atoms with Crippen molar-refractivity contribution in [2.45, 2.75) is 0 Å². The van der Waals surface area contributed by atoms with Gasteiger partial charge in [-0.2, -0.15) is 0 Å². The Balaban J connectivity index is 2.20. The number of para-hydroxylation sites is 1. The van der Waals surface area contributed by atoms with Crippen molar-refractivity contribution >= 4 is 16.9 Å². The highest BCUT2D eigenvalue weighted by Crippen LogP contribution is 2.29. The lowest BCUT2D eigenvalue weighted by atomic mass is 10.2. The Morgan fingerprint density at radius 1 is 1.29 bits per heavy atom. The monoisotopic (exact) mass is 229 g/mol. The number of benzene rings is 1. The van der Waals surface area contributed by atoms with Crippen LogP contribution in [0.25, 0.3) is 22.5 Å². The third-order valence-electron chi connectivity index (χ3n) is 2.45. The minimum Gasteiger partial charge on any atom is -0.477 e. The molecule has 0 radical (unpaired) electrons. The van der Waals surface area contributed by atoms with Crippen LogP contribution in [0.5, 0.6) is 0 Å². The molecule has 5 nitrogen and oxygen atoms in total. The normalized spacial score (nSPS) is 10.8. The minimum absolute atomic E-state index is 0.0101. The van der Waals surface area contributed by atoms with E-state index >= 15 is 0 Å². The van der Waals surface area contributed by atoms with Gasteiger partial charge in [0.05, 0.1) is 6.20 Å². The molecule has 5 heteroatoms. The second-order valence-electron chi connectivity index (χ2n) is 3.52. The van der Waals surface area contributed by atoms with E-state index in [0.717, 1.165) is 11.6 Å². The van der Waals surface area contributed by atoms with Crippen LogP contribution in [-0.2, 0) is 0 Å². The third kappa shape index (κ3) is 1.48. The van der Waals surface area contributed by atoms with Crippen molar-refractivity contribution in [3.63, 3.8) is 0 Å². The van der Waals surface area contributed by atoms with Crippen LogP contribution in [-0.4, -0.2) is 16.2 Å². The highest BCUT2D eigenvalue weighted by atomic mass is 16.5. The second-order valence-corrected chi connectivity index (χ2v) is 3.52. The van der Waals surface area contributed by atoms with Gasteiger partial charge in [0, 0.05) is 5.39 Å². The number of aromatic carboxylic acids is 1. The fraction of sp³-hybridized carbons (Fsp3) is 0. The van der Waals surface area contributed by atoms with Crippen LogP contribution in [0.1, 0.15) is 10.4 Å². The first-order valence-electron chi connectivity index (χ1n) is 4.92. The van der Waals surface area contributed by atoms with E-state index in [1.807, 2.05) is 18.2 Å². The number of carboxylic acid groups (broad SMARTS) is 1. The Bertz CT molecular complexity index is 662. The lowest BCUT2D eigenvalue weighted by Gasteiger charge is -1.90. The lowest BCUT2D eigenvalue weighted by Crippen LogP contribution is -1.95. The van der Waals surface area contributed by atoms with Crippen LogP contribution in [0.2, 0.25) is 0 Å². The van der Waals surface area contributed by atoms with E-state index in [1.165, 1.54) is 0 Å². The van der Waals surface area contributed by atoms with Gasteiger partial charge in [0.2, 0.25) is 5.76 Å². The lowest BCUT2D eigenvalue weighted by molar-refractivity contribution is 0.0697. The topological polar surface area (TPSA) is 76.5 Å². The molecule has 0 bridgehead atoms. The second kappa shape index (κ2) is 3.48. The van der Waals surface area contributed by atoms with E-state index in [0.29, 0.717) is 11.3 Å². The van der Waals surface area contributed by atoms with Gasteiger partial charge in [0.25, 0.3) is 0 Å². The van der Waals surface area contributed by atoms with Gasteiger partial charge in [0.1, 0.15) is 11.1 Å². The summed E-state index contributed by atoms with van der Waals surface area (Å²) in [5, 5.41) is 13.3. The molecule has 0 amide bonds. The molecule has 0 fully saturated rings. The zero-order valence-corrected chi connectivity index (χ0v) is 8.58. The van der Waals surface area contributed by atoms with Gasteiger partial charge in [-0.05, 0) is 12.1 Å². The number of hydrogen-bond acceptors (Lipinski definition) is 4. The maximum Gasteiger partial charge on any atom is 0.341 e. The molecule has 1 aromatic carbocycles. The molecular weight excluding hydrogens is 222 g/mol. The molecule has 3 rings (SSSR count). The van der Waals surface area contributed by atoms with Crippen molar-refractivity contribution in [1.29, 1.82) is 0 Å². The Labute approximate surface area is 95.3 Å². The molecule has 0 saturated heterocycles. The summed E-state index contributed by atoms with van der Waals surface area (Å²) in [6, 6.07) is 9.12. The highest BCUT2D eigenvalue weighted by Gasteiger charge is 2.20. The standard InChI is InChI=1S/C12H7NO4/c14-12(15)8-6-13-17-11(8)10-5-7-3-1-2-4-9(7)16-10/h1-6H,(H,14,15). The highest BCUT2D eigenvalue weighted by molar-refractivity contribution is 5.94. The third-order valence-corrected chi connectivity index (χ3v) is 2.45. The van der Waals surface area contributed by atoms with Crippen molar-refractivity contribution in [3.05, 3.63) is 42.1 Å². The van der Waals surface area contributed by atoms with Crippen LogP contribution in [0, 0.1) is 0 Å².